The van der Waals surface area contributed by atoms with Crippen molar-refractivity contribution in [1.29, 1.82) is 0 Å². The van der Waals surface area contributed by atoms with Crippen molar-refractivity contribution < 1.29 is 9.78 Å². The van der Waals surface area contributed by atoms with Crippen LogP contribution >= 0.6 is 11.6 Å². The quantitative estimate of drug-likeness (QED) is 0.766. The molecule has 120 valence electrons. The summed E-state index contributed by atoms with van der Waals surface area (Å²) in [6.07, 6.45) is 1.73. The van der Waals surface area contributed by atoms with E-state index in [0.717, 1.165) is 16.8 Å². The minimum Gasteiger partial charge on any atom is -0.348 e. The Bertz CT molecular complexity index is 848. The Morgan fingerprint density at radius 1 is 1.08 bits per heavy atom. The molecule has 24 heavy (non-hydrogen) atoms. The number of nitrogens with one attached hydrogen (secondary N) is 2. The lowest BCUT2D eigenvalue weighted by atomic mass is 10.1. The molecule has 0 saturated heterocycles. The third-order valence-electron chi connectivity index (χ3n) is 3.52. The van der Waals surface area contributed by atoms with Crippen LogP contribution in [0.1, 0.15) is 15.9 Å². The van der Waals surface area contributed by atoms with Gasteiger partial charge in [-0.3, -0.25) is 10.5 Å². The first-order valence-corrected chi connectivity index (χ1v) is 7.77. The summed E-state index contributed by atoms with van der Waals surface area (Å²) in [4.78, 5) is 19.2. The summed E-state index contributed by atoms with van der Waals surface area (Å²) in [7, 11) is 0. The minimum atomic E-state index is -0.134. The normalized spacial score (nSPS) is 10.4. The number of aromatic nitrogens is 2. The van der Waals surface area contributed by atoms with Crippen LogP contribution in [0.4, 0.5) is 5.95 Å². The molecule has 0 aliphatic carbocycles. The lowest BCUT2D eigenvalue weighted by Crippen LogP contribution is -2.22. The van der Waals surface area contributed by atoms with Crippen molar-refractivity contribution >= 4 is 23.5 Å². The average molecular weight is 340 g/mol. The van der Waals surface area contributed by atoms with Gasteiger partial charge in [-0.15, -0.1) is 0 Å². The lowest BCUT2D eigenvalue weighted by Gasteiger charge is -2.06. The van der Waals surface area contributed by atoms with Gasteiger partial charge in [0.2, 0.25) is 0 Å². The van der Waals surface area contributed by atoms with Crippen molar-refractivity contribution in [2.24, 2.45) is 0 Å². The van der Waals surface area contributed by atoms with E-state index >= 15 is 0 Å². The number of rotatable bonds is 4. The number of H-pyrrole nitrogens is 1. The number of halogens is 1. The van der Waals surface area contributed by atoms with Crippen molar-refractivity contribution in [3.05, 3.63) is 76.9 Å². The van der Waals surface area contributed by atoms with E-state index in [4.69, 9.17) is 17.3 Å². The molecular weight excluding hydrogens is 324 g/mol. The van der Waals surface area contributed by atoms with Crippen molar-refractivity contribution in [2.45, 2.75) is 6.54 Å². The molecule has 0 aliphatic heterocycles. The fourth-order valence-electron chi connectivity index (χ4n) is 2.25. The van der Waals surface area contributed by atoms with Gasteiger partial charge in [0.05, 0.1) is 6.20 Å². The maximum Gasteiger partial charge on any atom is 0.387 e. The van der Waals surface area contributed by atoms with Crippen LogP contribution in [0.2, 0.25) is 5.02 Å². The predicted octanol–water partition coefficient (Wildman–Crippen LogP) is 2.73. The number of nitrogens with zero attached hydrogens (tertiary/aromatic N) is 1. The van der Waals surface area contributed by atoms with Crippen LogP contribution in [0.3, 0.4) is 0 Å². The largest absolute Gasteiger partial charge is 0.387 e. The molecule has 3 rings (SSSR count). The fraction of sp³-hybridized carbons (Fsp3) is 0.0556. The zero-order valence-electron chi connectivity index (χ0n) is 12.8. The fourth-order valence-corrected chi connectivity index (χ4v) is 2.37. The van der Waals surface area contributed by atoms with Crippen LogP contribution in [0, 0.1) is 0 Å². The van der Waals surface area contributed by atoms with E-state index in [1.54, 1.807) is 30.5 Å². The monoisotopic (exact) mass is 339 g/mol. The zero-order valence-corrected chi connectivity index (χ0v) is 13.5. The standard InChI is InChI=1S/C18H15ClN4O/c19-15-7-1-12(2-8-15)11-22-17(24)14-5-3-13(4-6-14)16-9-10-21-18(20)23-16/h1-10H,11H2,(H,22,24)(H2,20,21,23)/p+1. The van der Waals surface area contributed by atoms with Crippen molar-refractivity contribution in [3.63, 3.8) is 0 Å². The average Bonchev–Trinajstić information content (AvgIpc) is 2.61. The Hall–Kier alpha value is -2.92. The van der Waals surface area contributed by atoms with Crippen LogP contribution in [0.25, 0.3) is 11.3 Å². The van der Waals surface area contributed by atoms with Gasteiger partial charge in [-0.05, 0) is 29.8 Å². The minimum absolute atomic E-state index is 0.134. The number of carbonyl (C=O) groups excluding carboxylic acids is 1. The van der Waals surface area contributed by atoms with Crippen LogP contribution in [0.5, 0.6) is 0 Å². The smallest absolute Gasteiger partial charge is 0.348 e. The topological polar surface area (TPSA) is 82.1 Å². The molecule has 0 atom stereocenters. The number of aromatic amines is 1. The van der Waals surface area contributed by atoms with Crippen LogP contribution in [-0.2, 0) is 6.54 Å². The first-order chi connectivity index (χ1) is 11.6. The predicted molar refractivity (Wildman–Crippen MR) is 93.3 cm³/mol. The second-order valence-electron chi connectivity index (χ2n) is 5.25. The molecule has 5 nitrogen and oxygen atoms in total. The summed E-state index contributed by atoms with van der Waals surface area (Å²) in [5.74, 6) is 0.211. The highest BCUT2D eigenvalue weighted by molar-refractivity contribution is 6.30. The van der Waals surface area contributed by atoms with Gasteiger partial charge >= 0.3 is 5.95 Å². The Morgan fingerprint density at radius 2 is 1.79 bits per heavy atom. The van der Waals surface area contributed by atoms with Gasteiger partial charge in [-0.25, -0.2) is 4.98 Å². The number of hydrogen-bond acceptors (Lipinski definition) is 3. The highest BCUT2D eigenvalue weighted by Crippen LogP contribution is 2.17. The van der Waals surface area contributed by atoms with Gasteiger partial charge in [0, 0.05) is 28.8 Å². The van der Waals surface area contributed by atoms with Gasteiger partial charge in [-0.2, -0.15) is 0 Å². The van der Waals surface area contributed by atoms with E-state index in [-0.39, 0.29) is 5.91 Å². The maximum absolute atomic E-state index is 12.2. The molecule has 4 N–H and O–H groups in total. The lowest BCUT2D eigenvalue weighted by molar-refractivity contribution is -0.364. The molecule has 1 aromatic heterocycles. The Balaban J connectivity index is 1.66. The van der Waals surface area contributed by atoms with E-state index in [9.17, 15) is 4.79 Å². The highest BCUT2D eigenvalue weighted by Gasteiger charge is 2.09. The number of nitrogens with two attached hydrogens (primary N) is 1. The second kappa shape index (κ2) is 7.10. The maximum atomic E-state index is 12.2. The highest BCUT2D eigenvalue weighted by atomic mass is 35.5. The molecule has 0 saturated carbocycles. The summed E-state index contributed by atoms with van der Waals surface area (Å²) >= 11 is 5.84. The van der Waals surface area contributed by atoms with Gasteiger partial charge in [0.25, 0.3) is 5.91 Å². The molecule has 0 aliphatic rings. The third kappa shape index (κ3) is 3.88. The van der Waals surface area contributed by atoms with E-state index in [1.807, 2.05) is 30.3 Å². The number of hydrogen-bond donors (Lipinski definition) is 2. The zero-order chi connectivity index (χ0) is 16.9. The number of nitrogen functional groups attached to an aromatic ring is 1. The summed E-state index contributed by atoms with van der Waals surface area (Å²) < 4.78 is 0. The van der Waals surface area contributed by atoms with Gasteiger partial charge in [0.15, 0.2) is 5.69 Å². The molecule has 2 aromatic carbocycles. The molecular formula is C18H16ClN4O+. The number of carbonyl (C=O) groups is 1. The van der Waals surface area contributed by atoms with Crippen LogP contribution in [0.15, 0.2) is 60.8 Å². The SMILES string of the molecule is Nc1nc(-c2ccc(C(=O)NCc3ccc(Cl)cc3)cc2)cc[nH+]1. The van der Waals surface area contributed by atoms with Crippen molar-refractivity contribution in [1.82, 2.24) is 10.3 Å². The molecule has 0 unspecified atom stereocenters. The summed E-state index contributed by atoms with van der Waals surface area (Å²) in [5, 5.41) is 3.55. The summed E-state index contributed by atoms with van der Waals surface area (Å²) in [5.41, 5.74) is 8.86. The molecule has 0 radical (unpaired) electrons. The Kier molecular flexibility index (Phi) is 4.72. The van der Waals surface area contributed by atoms with Crippen molar-refractivity contribution in [3.8, 4) is 11.3 Å². The van der Waals surface area contributed by atoms with Crippen LogP contribution < -0.4 is 16.0 Å². The molecule has 1 heterocycles. The summed E-state index contributed by atoms with van der Waals surface area (Å²) in [6.45, 7) is 0.449. The first kappa shape index (κ1) is 16.0. The molecule has 0 bridgehead atoms. The van der Waals surface area contributed by atoms with Crippen molar-refractivity contribution in [2.75, 3.05) is 5.73 Å². The van der Waals surface area contributed by atoms with Crippen LogP contribution in [-0.4, -0.2) is 10.9 Å². The third-order valence-corrected chi connectivity index (χ3v) is 3.77. The first-order valence-electron chi connectivity index (χ1n) is 7.39. The van der Waals surface area contributed by atoms with Gasteiger partial charge in [-0.1, -0.05) is 40.9 Å². The molecule has 0 spiro atoms. The van der Waals surface area contributed by atoms with E-state index in [0.29, 0.717) is 23.1 Å². The molecule has 0 fully saturated rings. The Labute approximate surface area is 144 Å². The molecule has 1 amide bonds. The number of benzene rings is 2. The van der Waals surface area contributed by atoms with E-state index in [2.05, 4.69) is 15.3 Å². The number of anilines is 1. The Morgan fingerprint density at radius 3 is 2.46 bits per heavy atom. The molecule has 6 heteroatoms. The van der Waals surface area contributed by atoms with E-state index < -0.39 is 0 Å². The second-order valence-corrected chi connectivity index (χ2v) is 5.68. The van der Waals surface area contributed by atoms with Gasteiger partial charge < -0.3 is 5.32 Å². The molecule has 3 aromatic rings. The van der Waals surface area contributed by atoms with E-state index in [1.165, 1.54) is 0 Å². The van der Waals surface area contributed by atoms with Gasteiger partial charge in [0.1, 0.15) is 0 Å². The summed E-state index contributed by atoms with van der Waals surface area (Å²) in [6, 6.07) is 16.4. The number of amides is 1.